The lowest BCUT2D eigenvalue weighted by Crippen LogP contribution is -2.10. The van der Waals surface area contributed by atoms with E-state index in [1.807, 2.05) is 29.6 Å². The van der Waals surface area contributed by atoms with Crippen LogP contribution in [0.3, 0.4) is 0 Å². The average molecular weight is 269 g/mol. The average Bonchev–Trinajstić information content (AvgIpc) is 3.09. The maximum atomic E-state index is 12.4. The van der Waals surface area contributed by atoms with Crippen LogP contribution in [0.1, 0.15) is 32.3 Å². The van der Waals surface area contributed by atoms with E-state index in [2.05, 4.69) is 6.07 Å². The van der Waals surface area contributed by atoms with Gasteiger partial charge in [0.05, 0.1) is 19.3 Å². The van der Waals surface area contributed by atoms with Crippen molar-refractivity contribution in [3.8, 4) is 6.07 Å². The standard InChI is InChI=1S/C15H11NO2S/c16-7-13(14-2-1-5-19-14)15(17)10-3-4-11-8-18-9-12(11)6-10/h1-6,13H,8-9H2. The van der Waals surface area contributed by atoms with Crippen molar-refractivity contribution >= 4 is 17.1 Å². The molecule has 0 aliphatic carbocycles. The summed E-state index contributed by atoms with van der Waals surface area (Å²) in [4.78, 5) is 13.2. The van der Waals surface area contributed by atoms with Gasteiger partial charge in [0.25, 0.3) is 0 Å². The molecule has 0 N–H and O–H groups in total. The van der Waals surface area contributed by atoms with Gasteiger partial charge in [0.15, 0.2) is 5.78 Å². The Kier molecular flexibility index (Phi) is 3.16. The summed E-state index contributed by atoms with van der Waals surface area (Å²) in [6.45, 7) is 1.16. The van der Waals surface area contributed by atoms with Crippen LogP contribution in [0.15, 0.2) is 35.7 Å². The minimum atomic E-state index is -0.708. The number of nitriles is 1. The van der Waals surface area contributed by atoms with Gasteiger partial charge in [-0.25, -0.2) is 0 Å². The Hall–Kier alpha value is -1.96. The van der Waals surface area contributed by atoms with Crippen LogP contribution in [0.2, 0.25) is 0 Å². The second-order valence-electron chi connectivity index (χ2n) is 4.42. The van der Waals surface area contributed by atoms with Gasteiger partial charge in [-0.15, -0.1) is 11.3 Å². The normalized spacial score (nSPS) is 14.7. The molecule has 1 aromatic carbocycles. The summed E-state index contributed by atoms with van der Waals surface area (Å²) in [6.07, 6.45) is 0. The van der Waals surface area contributed by atoms with E-state index in [9.17, 15) is 10.1 Å². The van der Waals surface area contributed by atoms with Crippen molar-refractivity contribution in [3.05, 3.63) is 57.3 Å². The van der Waals surface area contributed by atoms with Crippen LogP contribution in [0, 0.1) is 11.3 Å². The summed E-state index contributed by atoms with van der Waals surface area (Å²) in [5.74, 6) is -0.847. The molecular formula is C15H11NO2S. The summed E-state index contributed by atoms with van der Waals surface area (Å²) in [5, 5.41) is 11.1. The lowest BCUT2D eigenvalue weighted by atomic mass is 9.95. The number of thiophene rings is 1. The summed E-state index contributed by atoms with van der Waals surface area (Å²) in [5.41, 5.74) is 2.76. The van der Waals surface area contributed by atoms with Gasteiger partial charge in [-0.05, 0) is 28.6 Å². The van der Waals surface area contributed by atoms with E-state index >= 15 is 0 Å². The number of ketones is 1. The number of nitrogens with zero attached hydrogens (tertiary/aromatic N) is 1. The van der Waals surface area contributed by atoms with Crippen molar-refractivity contribution in [1.29, 1.82) is 5.26 Å². The molecule has 0 saturated carbocycles. The topological polar surface area (TPSA) is 50.1 Å². The summed E-state index contributed by atoms with van der Waals surface area (Å²) < 4.78 is 5.33. The molecule has 0 bridgehead atoms. The largest absolute Gasteiger partial charge is 0.372 e. The molecule has 1 unspecified atom stereocenters. The maximum absolute atomic E-state index is 12.4. The van der Waals surface area contributed by atoms with Crippen LogP contribution in [0.25, 0.3) is 0 Å². The van der Waals surface area contributed by atoms with Crippen molar-refractivity contribution in [2.24, 2.45) is 0 Å². The van der Waals surface area contributed by atoms with Crippen LogP contribution in [0.5, 0.6) is 0 Å². The minimum absolute atomic E-state index is 0.139. The third-order valence-corrected chi connectivity index (χ3v) is 4.16. The summed E-state index contributed by atoms with van der Waals surface area (Å²) in [7, 11) is 0. The van der Waals surface area contributed by atoms with E-state index in [4.69, 9.17) is 4.74 Å². The molecule has 2 heterocycles. The third kappa shape index (κ3) is 2.19. The molecule has 1 aliphatic rings. The first kappa shape index (κ1) is 12.1. The lowest BCUT2D eigenvalue weighted by Gasteiger charge is -2.07. The van der Waals surface area contributed by atoms with Crippen LogP contribution >= 0.6 is 11.3 Å². The Morgan fingerprint density at radius 2 is 2.16 bits per heavy atom. The highest BCUT2D eigenvalue weighted by atomic mass is 32.1. The molecule has 3 nitrogen and oxygen atoms in total. The van der Waals surface area contributed by atoms with Gasteiger partial charge < -0.3 is 4.74 Å². The molecule has 94 valence electrons. The number of benzene rings is 1. The quantitative estimate of drug-likeness (QED) is 0.803. The Bertz CT molecular complexity index is 655. The first-order chi connectivity index (χ1) is 9.29. The number of rotatable bonds is 3. The minimum Gasteiger partial charge on any atom is -0.372 e. The van der Waals surface area contributed by atoms with Crippen LogP contribution in [-0.2, 0) is 18.0 Å². The molecule has 0 spiro atoms. The number of carbonyl (C=O) groups is 1. The van der Waals surface area contributed by atoms with Gasteiger partial charge in [0, 0.05) is 10.4 Å². The van der Waals surface area contributed by atoms with Gasteiger partial charge in [-0.3, -0.25) is 4.79 Å². The number of hydrogen-bond acceptors (Lipinski definition) is 4. The van der Waals surface area contributed by atoms with Gasteiger partial charge in [0.2, 0.25) is 0 Å². The fourth-order valence-electron chi connectivity index (χ4n) is 2.20. The van der Waals surface area contributed by atoms with Crippen LogP contribution in [-0.4, -0.2) is 5.78 Å². The first-order valence-electron chi connectivity index (χ1n) is 5.96. The Labute approximate surface area is 115 Å². The smallest absolute Gasteiger partial charge is 0.185 e. The molecule has 0 amide bonds. The van der Waals surface area contributed by atoms with Gasteiger partial charge >= 0.3 is 0 Å². The maximum Gasteiger partial charge on any atom is 0.185 e. The Morgan fingerprint density at radius 1 is 1.32 bits per heavy atom. The molecule has 3 rings (SSSR count). The summed E-state index contributed by atoms with van der Waals surface area (Å²) >= 11 is 1.44. The number of carbonyl (C=O) groups excluding carboxylic acids is 1. The fourth-order valence-corrected chi connectivity index (χ4v) is 2.97. The molecule has 4 heteroatoms. The zero-order chi connectivity index (χ0) is 13.2. The van der Waals surface area contributed by atoms with Crippen molar-refractivity contribution in [3.63, 3.8) is 0 Å². The second kappa shape index (κ2) is 4.96. The lowest BCUT2D eigenvalue weighted by molar-refractivity contribution is 0.0979. The van der Waals surface area contributed by atoms with Crippen LogP contribution in [0.4, 0.5) is 0 Å². The third-order valence-electron chi connectivity index (χ3n) is 3.22. The Balaban J connectivity index is 1.93. The molecule has 1 aromatic heterocycles. The Morgan fingerprint density at radius 3 is 2.89 bits per heavy atom. The molecule has 0 saturated heterocycles. The molecule has 0 fully saturated rings. The number of ether oxygens (including phenoxy) is 1. The van der Waals surface area contributed by atoms with Crippen molar-refractivity contribution in [2.45, 2.75) is 19.1 Å². The zero-order valence-corrected chi connectivity index (χ0v) is 10.9. The van der Waals surface area contributed by atoms with E-state index in [-0.39, 0.29) is 5.78 Å². The van der Waals surface area contributed by atoms with Gasteiger partial charge in [-0.2, -0.15) is 5.26 Å². The molecule has 19 heavy (non-hydrogen) atoms. The monoisotopic (exact) mass is 269 g/mol. The van der Waals surface area contributed by atoms with Crippen molar-refractivity contribution < 1.29 is 9.53 Å². The highest BCUT2D eigenvalue weighted by Crippen LogP contribution is 2.27. The van der Waals surface area contributed by atoms with E-state index in [1.165, 1.54) is 11.3 Å². The number of hydrogen-bond donors (Lipinski definition) is 0. The second-order valence-corrected chi connectivity index (χ2v) is 5.40. The van der Waals surface area contributed by atoms with E-state index in [0.29, 0.717) is 18.8 Å². The highest BCUT2D eigenvalue weighted by Gasteiger charge is 2.24. The van der Waals surface area contributed by atoms with E-state index in [1.54, 1.807) is 6.07 Å². The van der Waals surface area contributed by atoms with Gasteiger partial charge in [0.1, 0.15) is 5.92 Å². The first-order valence-corrected chi connectivity index (χ1v) is 6.84. The van der Waals surface area contributed by atoms with Crippen molar-refractivity contribution in [1.82, 2.24) is 0 Å². The van der Waals surface area contributed by atoms with Crippen LogP contribution < -0.4 is 0 Å². The van der Waals surface area contributed by atoms with Gasteiger partial charge in [-0.1, -0.05) is 18.2 Å². The molecular weight excluding hydrogens is 258 g/mol. The van der Waals surface area contributed by atoms with E-state index < -0.39 is 5.92 Å². The predicted octanol–water partition coefficient (Wildman–Crippen LogP) is 3.27. The van der Waals surface area contributed by atoms with Crippen molar-refractivity contribution in [2.75, 3.05) is 0 Å². The number of fused-ring (bicyclic) bond motifs is 1. The predicted molar refractivity (Wildman–Crippen MR) is 71.9 cm³/mol. The SMILES string of the molecule is N#CC(C(=O)c1ccc2c(c1)COC2)c1cccs1. The zero-order valence-electron chi connectivity index (χ0n) is 10.1. The fraction of sp³-hybridized carbons (Fsp3) is 0.200. The highest BCUT2D eigenvalue weighted by molar-refractivity contribution is 7.10. The van der Waals surface area contributed by atoms with E-state index in [0.717, 1.165) is 16.0 Å². The molecule has 2 aromatic rings. The molecule has 1 aliphatic heterocycles. The number of Topliss-reactive ketones (excluding diaryl/α,β-unsaturated/α-hetero) is 1. The summed E-state index contributed by atoms with van der Waals surface area (Å²) in [6, 6.07) is 11.3. The molecule has 0 radical (unpaired) electrons. The molecule has 1 atom stereocenters.